The molecule has 1 aliphatic carbocycles. The van der Waals surface area contributed by atoms with Gasteiger partial charge in [-0.3, -0.25) is 0 Å². The van der Waals surface area contributed by atoms with Crippen LogP contribution in [-0.4, -0.2) is 10.2 Å². The molecule has 1 aromatic carbocycles. The summed E-state index contributed by atoms with van der Waals surface area (Å²) >= 11 is 12.8. The van der Waals surface area contributed by atoms with Crippen LogP contribution in [0.2, 0.25) is 10.0 Å². The van der Waals surface area contributed by atoms with Crippen LogP contribution in [0, 0.1) is 5.92 Å². The third-order valence-electron chi connectivity index (χ3n) is 4.92. The zero-order chi connectivity index (χ0) is 17.9. The SMILES string of the molecule is C=C[C@@H]1CCC(C)=C[C@H]1c1c(O)c(Cl)c(CCCCC)c(Cl)c1O. The Balaban J connectivity index is 2.51. The summed E-state index contributed by atoms with van der Waals surface area (Å²) in [6, 6.07) is 0. The molecule has 4 heteroatoms. The van der Waals surface area contributed by atoms with E-state index in [1.54, 1.807) is 0 Å². The number of halogens is 2. The van der Waals surface area contributed by atoms with Crippen LogP contribution in [0.4, 0.5) is 0 Å². The lowest BCUT2D eigenvalue weighted by molar-refractivity contribution is 0.412. The van der Waals surface area contributed by atoms with Crippen molar-refractivity contribution in [1.29, 1.82) is 0 Å². The Morgan fingerprint density at radius 2 is 1.83 bits per heavy atom. The second-order valence-corrected chi connectivity index (χ2v) is 7.41. The second-order valence-electron chi connectivity index (χ2n) is 6.65. The van der Waals surface area contributed by atoms with Gasteiger partial charge in [-0.2, -0.15) is 0 Å². The molecule has 0 radical (unpaired) electrons. The topological polar surface area (TPSA) is 40.5 Å². The lowest BCUT2D eigenvalue weighted by atomic mass is 9.76. The number of benzene rings is 1. The molecular formula is C20H26Cl2O2. The molecule has 0 bridgehead atoms. The average molecular weight is 369 g/mol. The maximum Gasteiger partial charge on any atom is 0.142 e. The molecule has 0 spiro atoms. The summed E-state index contributed by atoms with van der Waals surface area (Å²) < 4.78 is 0. The van der Waals surface area contributed by atoms with Crippen molar-refractivity contribution in [2.24, 2.45) is 5.92 Å². The van der Waals surface area contributed by atoms with Crippen LogP contribution in [-0.2, 0) is 6.42 Å². The normalized spacial score (nSPS) is 20.8. The Morgan fingerprint density at radius 3 is 2.38 bits per heavy atom. The molecule has 2 atom stereocenters. The number of hydrogen-bond acceptors (Lipinski definition) is 2. The highest BCUT2D eigenvalue weighted by Crippen LogP contribution is 2.51. The van der Waals surface area contributed by atoms with Crippen molar-refractivity contribution in [3.8, 4) is 11.5 Å². The summed E-state index contributed by atoms with van der Waals surface area (Å²) in [6.07, 6.45) is 9.59. The van der Waals surface area contributed by atoms with Gasteiger partial charge < -0.3 is 10.2 Å². The van der Waals surface area contributed by atoms with Crippen LogP contribution in [0.25, 0.3) is 0 Å². The van der Waals surface area contributed by atoms with E-state index in [2.05, 4.69) is 26.5 Å². The molecule has 0 saturated carbocycles. The third kappa shape index (κ3) is 3.75. The fourth-order valence-corrected chi connectivity index (χ4v) is 4.10. The minimum Gasteiger partial charge on any atom is -0.506 e. The van der Waals surface area contributed by atoms with Crippen LogP contribution >= 0.6 is 23.2 Å². The van der Waals surface area contributed by atoms with Crippen LogP contribution in [0.3, 0.4) is 0 Å². The van der Waals surface area contributed by atoms with Crippen molar-refractivity contribution in [3.63, 3.8) is 0 Å². The molecule has 0 fully saturated rings. The molecule has 0 aliphatic heterocycles. The Labute approximate surface area is 154 Å². The van der Waals surface area contributed by atoms with Crippen LogP contribution in [0.1, 0.15) is 63.0 Å². The first kappa shape index (κ1) is 19.2. The van der Waals surface area contributed by atoms with Gasteiger partial charge in [0.2, 0.25) is 0 Å². The Bertz CT molecular complexity index is 621. The highest BCUT2D eigenvalue weighted by atomic mass is 35.5. The summed E-state index contributed by atoms with van der Waals surface area (Å²) in [4.78, 5) is 0. The van der Waals surface area contributed by atoms with Crippen molar-refractivity contribution >= 4 is 23.2 Å². The lowest BCUT2D eigenvalue weighted by Crippen LogP contribution is -2.14. The van der Waals surface area contributed by atoms with Gasteiger partial charge in [-0.05, 0) is 44.1 Å². The van der Waals surface area contributed by atoms with Gasteiger partial charge in [-0.15, -0.1) is 6.58 Å². The molecule has 0 heterocycles. The standard InChI is InChI=1S/C20H26Cl2O2/c1-4-6-7-8-14-17(21)19(23)16(20(24)18(14)22)15-11-12(3)9-10-13(15)5-2/h5,11,13,15,23-24H,2,4,6-10H2,1,3H3/t13-,15-/m1/s1. The van der Waals surface area contributed by atoms with Crippen molar-refractivity contribution < 1.29 is 10.2 Å². The summed E-state index contributed by atoms with van der Waals surface area (Å²) in [5, 5.41) is 21.9. The monoisotopic (exact) mass is 368 g/mol. The predicted molar refractivity (Wildman–Crippen MR) is 102 cm³/mol. The van der Waals surface area contributed by atoms with Gasteiger partial charge in [0, 0.05) is 11.5 Å². The van der Waals surface area contributed by atoms with Crippen molar-refractivity contribution in [1.82, 2.24) is 0 Å². The van der Waals surface area contributed by atoms with E-state index in [0.717, 1.165) is 32.1 Å². The Hall–Kier alpha value is -1.12. The van der Waals surface area contributed by atoms with Gasteiger partial charge in [-0.1, -0.05) is 60.7 Å². The van der Waals surface area contributed by atoms with Crippen molar-refractivity contribution in [2.45, 2.75) is 58.3 Å². The van der Waals surface area contributed by atoms with E-state index >= 15 is 0 Å². The highest BCUT2D eigenvalue weighted by Gasteiger charge is 2.31. The fourth-order valence-electron chi connectivity index (χ4n) is 3.47. The van der Waals surface area contributed by atoms with Gasteiger partial charge >= 0.3 is 0 Å². The molecule has 2 nitrogen and oxygen atoms in total. The van der Waals surface area contributed by atoms with Crippen LogP contribution < -0.4 is 0 Å². The molecule has 1 aromatic rings. The van der Waals surface area contributed by atoms with E-state index in [9.17, 15) is 10.2 Å². The molecule has 0 aromatic heterocycles. The summed E-state index contributed by atoms with van der Waals surface area (Å²) in [6.45, 7) is 8.08. The molecular weight excluding hydrogens is 343 g/mol. The van der Waals surface area contributed by atoms with Gasteiger partial charge in [0.15, 0.2) is 0 Å². The minimum absolute atomic E-state index is 0.0483. The first-order chi connectivity index (χ1) is 11.4. The minimum atomic E-state index is -0.157. The third-order valence-corrected chi connectivity index (χ3v) is 5.73. The van der Waals surface area contributed by atoms with Crippen molar-refractivity contribution in [2.75, 3.05) is 0 Å². The van der Waals surface area contributed by atoms with Gasteiger partial charge in [0.25, 0.3) is 0 Å². The molecule has 2 rings (SSSR count). The van der Waals surface area contributed by atoms with Crippen LogP contribution in [0.15, 0.2) is 24.3 Å². The molecule has 132 valence electrons. The van der Waals surface area contributed by atoms with E-state index in [0.29, 0.717) is 17.5 Å². The zero-order valence-corrected chi connectivity index (χ0v) is 15.9. The highest BCUT2D eigenvalue weighted by molar-refractivity contribution is 6.38. The number of phenols is 2. The summed E-state index contributed by atoms with van der Waals surface area (Å²) in [5.41, 5.74) is 2.29. The quantitative estimate of drug-likeness (QED) is 0.429. The maximum absolute atomic E-state index is 10.7. The first-order valence-electron chi connectivity index (χ1n) is 8.63. The molecule has 0 unspecified atom stereocenters. The number of allylic oxidation sites excluding steroid dienone is 3. The predicted octanol–water partition coefficient (Wildman–Crippen LogP) is 6.76. The molecule has 1 aliphatic rings. The van der Waals surface area contributed by atoms with Gasteiger partial charge in [-0.25, -0.2) is 0 Å². The number of unbranched alkanes of at least 4 members (excludes halogenated alkanes) is 2. The molecule has 0 saturated heterocycles. The summed E-state index contributed by atoms with van der Waals surface area (Å²) in [7, 11) is 0. The maximum atomic E-state index is 10.7. The molecule has 2 N–H and O–H groups in total. The van der Waals surface area contributed by atoms with E-state index in [1.165, 1.54) is 5.57 Å². The van der Waals surface area contributed by atoms with Crippen LogP contribution in [0.5, 0.6) is 11.5 Å². The van der Waals surface area contributed by atoms with E-state index in [-0.39, 0.29) is 33.4 Å². The Kier molecular flexibility index (Phi) is 6.65. The smallest absolute Gasteiger partial charge is 0.142 e. The molecule has 0 amide bonds. The largest absolute Gasteiger partial charge is 0.506 e. The Morgan fingerprint density at radius 1 is 1.21 bits per heavy atom. The number of phenolic OH excluding ortho intramolecular Hbond substituents is 2. The van der Waals surface area contributed by atoms with Crippen molar-refractivity contribution in [3.05, 3.63) is 45.5 Å². The summed E-state index contributed by atoms with van der Waals surface area (Å²) in [5.74, 6) is -0.111. The fraction of sp³-hybridized carbons (Fsp3) is 0.500. The number of rotatable bonds is 6. The van der Waals surface area contributed by atoms with E-state index in [4.69, 9.17) is 23.2 Å². The second kappa shape index (κ2) is 8.31. The van der Waals surface area contributed by atoms with E-state index < -0.39 is 0 Å². The molecule has 24 heavy (non-hydrogen) atoms. The number of aromatic hydroxyl groups is 2. The first-order valence-corrected chi connectivity index (χ1v) is 9.39. The van der Waals surface area contributed by atoms with E-state index in [1.807, 2.05) is 6.08 Å². The van der Waals surface area contributed by atoms with Gasteiger partial charge in [0.05, 0.1) is 10.0 Å². The zero-order valence-electron chi connectivity index (χ0n) is 14.4. The van der Waals surface area contributed by atoms with Gasteiger partial charge in [0.1, 0.15) is 11.5 Å². The lowest BCUT2D eigenvalue weighted by Gasteiger charge is -2.29. The number of hydrogen-bond donors (Lipinski definition) is 2. The average Bonchev–Trinajstić information content (AvgIpc) is 2.57.